The van der Waals surface area contributed by atoms with Gasteiger partial charge in [0.25, 0.3) is 15.9 Å². The molecule has 1 aliphatic heterocycles. The Bertz CT molecular complexity index is 1690. The number of sulfonamides is 1. The molecule has 1 fully saturated rings. The highest BCUT2D eigenvalue weighted by Gasteiger charge is 2.24. The van der Waals surface area contributed by atoms with Crippen molar-refractivity contribution in [2.45, 2.75) is 11.8 Å². The molecule has 2 N–H and O–H groups in total. The molecule has 1 aliphatic rings. The number of aromatic nitrogens is 1. The third-order valence-corrected chi connectivity index (χ3v) is 7.17. The van der Waals surface area contributed by atoms with Crippen LogP contribution in [0.1, 0.15) is 11.3 Å². The molecule has 5 rings (SSSR count). The van der Waals surface area contributed by atoms with Crippen molar-refractivity contribution in [1.29, 1.82) is 0 Å². The summed E-state index contributed by atoms with van der Waals surface area (Å²) in [5.41, 5.74) is 0.883. The van der Waals surface area contributed by atoms with E-state index in [1.807, 2.05) is 0 Å². The molecule has 2 aromatic heterocycles. The molecule has 0 atom stereocenters. The fourth-order valence-corrected chi connectivity index (χ4v) is 5.06. The Hall–Kier alpha value is -4.16. The van der Waals surface area contributed by atoms with Crippen LogP contribution >= 0.6 is 11.8 Å². The second-order valence-corrected chi connectivity index (χ2v) is 10.1. The first-order chi connectivity index (χ1) is 16.8. The van der Waals surface area contributed by atoms with E-state index in [1.165, 1.54) is 42.7 Å². The number of aliphatic imine (C=N–C) groups is 1. The molecular weight excluding hydrogens is 492 g/mol. The van der Waals surface area contributed by atoms with Gasteiger partial charge in [0, 0.05) is 6.07 Å². The number of para-hydroxylation sites is 1. The number of fused-ring (bicyclic) bond motifs is 1. The summed E-state index contributed by atoms with van der Waals surface area (Å²) in [5, 5.41) is 6.96. The maximum Gasteiger partial charge on any atom is 0.264 e. The summed E-state index contributed by atoms with van der Waals surface area (Å²) in [6.45, 7) is 1.65. The number of carbonyl (C=O) groups excluding carboxylic acids is 1. The number of hydrogen-bond acceptors (Lipinski definition) is 9. The zero-order chi connectivity index (χ0) is 24.6. The van der Waals surface area contributed by atoms with Gasteiger partial charge in [0.2, 0.25) is 0 Å². The average Bonchev–Trinajstić information content (AvgIpc) is 3.39. The van der Waals surface area contributed by atoms with Crippen molar-refractivity contribution in [2.75, 3.05) is 4.72 Å². The Kier molecular flexibility index (Phi) is 5.75. The van der Waals surface area contributed by atoms with Crippen molar-refractivity contribution in [2.24, 2.45) is 4.99 Å². The van der Waals surface area contributed by atoms with Gasteiger partial charge in [0.05, 0.1) is 26.4 Å². The van der Waals surface area contributed by atoms with Crippen molar-refractivity contribution in [1.82, 2.24) is 10.5 Å². The lowest BCUT2D eigenvalue weighted by Crippen LogP contribution is -2.19. The van der Waals surface area contributed by atoms with Gasteiger partial charge in [0.1, 0.15) is 17.6 Å². The SMILES string of the molecule is Cc1cc(NS(=O)(=O)c2ccc(N=C3NC(=O)/C(=C/c4coc5ccccc5c4=O)S3)cc2)no1. The number of amidine groups is 1. The van der Waals surface area contributed by atoms with E-state index in [0.717, 1.165) is 11.8 Å². The Morgan fingerprint density at radius 1 is 1.11 bits per heavy atom. The lowest BCUT2D eigenvalue weighted by atomic mass is 10.1. The molecule has 12 heteroatoms. The number of amides is 1. The van der Waals surface area contributed by atoms with Crippen molar-refractivity contribution < 1.29 is 22.2 Å². The van der Waals surface area contributed by atoms with Gasteiger partial charge in [-0.1, -0.05) is 17.3 Å². The lowest BCUT2D eigenvalue weighted by Gasteiger charge is -2.05. The van der Waals surface area contributed by atoms with E-state index in [1.54, 1.807) is 31.2 Å². The number of carbonyl (C=O) groups is 1. The summed E-state index contributed by atoms with van der Waals surface area (Å²) < 4.78 is 37.7. The second kappa shape index (κ2) is 8.89. The summed E-state index contributed by atoms with van der Waals surface area (Å²) in [7, 11) is -3.86. The molecule has 176 valence electrons. The first-order valence-corrected chi connectivity index (χ1v) is 12.4. The van der Waals surface area contributed by atoms with E-state index >= 15 is 0 Å². The van der Waals surface area contributed by atoms with Gasteiger partial charge in [-0.3, -0.25) is 14.3 Å². The topological polar surface area (TPSA) is 144 Å². The van der Waals surface area contributed by atoms with Gasteiger partial charge >= 0.3 is 0 Å². The van der Waals surface area contributed by atoms with Gasteiger partial charge in [-0.2, -0.15) is 0 Å². The van der Waals surface area contributed by atoms with Crippen LogP contribution in [0.2, 0.25) is 0 Å². The quantitative estimate of drug-likeness (QED) is 0.388. The molecule has 10 nitrogen and oxygen atoms in total. The molecule has 3 heterocycles. The summed E-state index contributed by atoms with van der Waals surface area (Å²) in [6, 6.07) is 14.1. The van der Waals surface area contributed by atoms with Crippen LogP contribution < -0.4 is 15.5 Å². The van der Waals surface area contributed by atoms with Crippen molar-refractivity contribution >= 4 is 61.4 Å². The third kappa shape index (κ3) is 4.74. The minimum Gasteiger partial charge on any atom is -0.463 e. The standard InChI is InChI=1S/C23H16N4O6S2/c1-13-10-20(26-33-13)27-35(30,31)16-8-6-15(7-9-16)24-23-25-22(29)19(34-23)11-14-12-32-18-5-3-2-4-17(18)21(14)28/h2-12H,1H3,(H,26,27)(H,24,25,29)/b19-11-. The number of aryl methyl sites for hydroxylation is 1. The van der Waals surface area contributed by atoms with E-state index in [2.05, 4.69) is 20.2 Å². The van der Waals surface area contributed by atoms with Crippen molar-refractivity contribution in [3.05, 3.63) is 87.3 Å². The zero-order valence-corrected chi connectivity index (χ0v) is 19.6. The third-order valence-electron chi connectivity index (χ3n) is 4.89. The minimum atomic E-state index is -3.86. The molecule has 0 saturated carbocycles. The van der Waals surface area contributed by atoms with Crippen LogP contribution in [0, 0.1) is 6.92 Å². The maximum atomic E-state index is 12.7. The van der Waals surface area contributed by atoms with Crippen LogP contribution in [0.15, 0.2) is 89.4 Å². The van der Waals surface area contributed by atoms with E-state index in [4.69, 9.17) is 8.94 Å². The highest BCUT2D eigenvalue weighted by Crippen LogP contribution is 2.28. The summed E-state index contributed by atoms with van der Waals surface area (Å²) in [6.07, 6.45) is 2.77. The van der Waals surface area contributed by atoms with Crippen LogP contribution in [0.5, 0.6) is 0 Å². The second-order valence-electron chi connectivity index (χ2n) is 7.42. The molecular formula is C23H16N4O6S2. The highest BCUT2D eigenvalue weighted by atomic mass is 32.2. The molecule has 4 aromatic rings. The molecule has 0 radical (unpaired) electrons. The summed E-state index contributed by atoms with van der Waals surface area (Å²) in [5.74, 6) is 0.143. The normalized spacial score (nSPS) is 16.2. The first kappa shape index (κ1) is 22.6. The number of rotatable bonds is 5. The Morgan fingerprint density at radius 2 is 1.89 bits per heavy atom. The molecule has 0 spiro atoms. The van der Waals surface area contributed by atoms with Gasteiger partial charge in [-0.15, -0.1) is 0 Å². The molecule has 0 aliphatic carbocycles. The zero-order valence-electron chi connectivity index (χ0n) is 18.0. The summed E-state index contributed by atoms with van der Waals surface area (Å²) >= 11 is 1.06. The van der Waals surface area contributed by atoms with Crippen LogP contribution in [0.25, 0.3) is 17.0 Å². The largest absolute Gasteiger partial charge is 0.463 e. The molecule has 1 amide bonds. The van der Waals surface area contributed by atoms with E-state index < -0.39 is 15.9 Å². The predicted octanol–water partition coefficient (Wildman–Crippen LogP) is 3.78. The van der Waals surface area contributed by atoms with Crippen LogP contribution in [0.3, 0.4) is 0 Å². The predicted molar refractivity (Wildman–Crippen MR) is 132 cm³/mol. The maximum absolute atomic E-state index is 12.7. The van der Waals surface area contributed by atoms with E-state index in [0.29, 0.717) is 27.6 Å². The van der Waals surface area contributed by atoms with Gasteiger partial charge in [-0.25, -0.2) is 13.4 Å². The minimum absolute atomic E-state index is 0.00817. The van der Waals surface area contributed by atoms with Crippen molar-refractivity contribution in [3.63, 3.8) is 0 Å². The number of anilines is 1. The monoisotopic (exact) mass is 508 g/mol. The Labute approximate surface area is 202 Å². The first-order valence-electron chi connectivity index (χ1n) is 10.1. The molecule has 0 bridgehead atoms. The lowest BCUT2D eigenvalue weighted by molar-refractivity contribution is -0.115. The van der Waals surface area contributed by atoms with Crippen LogP contribution in [-0.2, 0) is 14.8 Å². The number of thioether (sulfide) groups is 1. The van der Waals surface area contributed by atoms with Crippen LogP contribution in [0.4, 0.5) is 11.5 Å². The van der Waals surface area contributed by atoms with Gasteiger partial charge in [-0.05, 0) is 61.2 Å². The highest BCUT2D eigenvalue weighted by molar-refractivity contribution is 8.18. The smallest absolute Gasteiger partial charge is 0.264 e. The van der Waals surface area contributed by atoms with Gasteiger partial charge in [0.15, 0.2) is 16.4 Å². The number of nitrogens with one attached hydrogen (secondary N) is 2. The number of nitrogens with zero attached hydrogens (tertiary/aromatic N) is 2. The number of benzene rings is 2. The molecule has 2 aromatic carbocycles. The number of hydrogen-bond donors (Lipinski definition) is 2. The van der Waals surface area contributed by atoms with Crippen molar-refractivity contribution in [3.8, 4) is 0 Å². The Morgan fingerprint density at radius 3 is 2.63 bits per heavy atom. The molecule has 0 unspecified atom stereocenters. The molecule has 1 saturated heterocycles. The van der Waals surface area contributed by atoms with E-state index in [-0.39, 0.29) is 26.6 Å². The Balaban J connectivity index is 1.34. The fourth-order valence-electron chi connectivity index (χ4n) is 3.24. The average molecular weight is 509 g/mol. The van der Waals surface area contributed by atoms with Crippen LogP contribution in [-0.4, -0.2) is 24.6 Å². The summed E-state index contributed by atoms with van der Waals surface area (Å²) in [4.78, 5) is 29.7. The van der Waals surface area contributed by atoms with E-state index in [9.17, 15) is 18.0 Å². The molecule has 35 heavy (non-hydrogen) atoms. The fraction of sp³-hybridized carbons (Fsp3) is 0.0435. The van der Waals surface area contributed by atoms with Gasteiger partial charge < -0.3 is 14.3 Å².